The zero-order valence-electron chi connectivity index (χ0n) is 16.0. The lowest BCUT2D eigenvalue weighted by Gasteiger charge is -2.40. The molecule has 2 aromatic carbocycles. The zero-order chi connectivity index (χ0) is 18.6. The third-order valence-corrected chi connectivity index (χ3v) is 5.59. The number of aromatic amines is 1. The van der Waals surface area contributed by atoms with Crippen LogP contribution in [0.4, 0.5) is 11.4 Å². The van der Waals surface area contributed by atoms with Crippen molar-refractivity contribution in [1.82, 2.24) is 9.88 Å². The molecule has 0 saturated carbocycles. The van der Waals surface area contributed by atoms with Crippen molar-refractivity contribution < 1.29 is 0 Å². The van der Waals surface area contributed by atoms with Gasteiger partial charge in [-0.1, -0.05) is 24.3 Å². The van der Waals surface area contributed by atoms with E-state index in [9.17, 15) is 0 Å². The molecule has 2 N–H and O–H groups in total. The van der Waals surface area contributed by atoms with Crippen LogP contribution >= 0.6 is 0 Å². The zero-order valence-corrected chi connectivity index (χ0v) is 16.0. The van der Waals surface area contributed by atoms with Crippen molar-refractivity contribution in [2.45, 2.75) is 19.5 Å². The van der Waals surface area contributed by atoms with Gasteiger partial charge in [-0.3, -0.25) is 4.90 Å². The number of fused-ring (bicyclic) bond motifs is 1. The highest BCUT2D eigenvalue weighted by Crippen LogP contribution is 2.26. The maximum Gasteiger partial charge on any atom is 0.0829 e. The second kappa shape index (κ2) is 7.89. The second-order valence-electron chi connectivity index (χ2n) is 7.22. The van der Waals surface area contributed by atoms with Crippen LogP contribution in [0.15, 0.2) is 67.4 Å². The average molecular weight is 361 g/mol. The van der Waals surface area contributed by atoms with Gasteiger partial charge in [0.25, 0.3) is 0 Å². The molecule has 0 aliphatic carbocycles. The van der Waals surface area contributed by atoms with Crippen molar-refractivity contribution in [3.8, 4) is 0 Å². The number of hydrogen-bond acceptors (Lipinski definition) is 3. The third kappa shape index (κ3) is 3.71. The lowest BCUT2D eigenvalue weighted by Crippen LogP contribution is -2.52. The first-order chi connectivity index (χ1) is 13.3. The molecule has 4 rings (SSSR count). The van der Waals surface area contributed by atoms with Crippen LogP contribution < -0.4 is 10.2 Å². The van der Waals surface area contributed by atoms with Gasteiger partial charge in [-0.05, 0) is 49.2 Å². The summed E-state index contributed by atoms with van der Waals surface area (Å²) >= 11 is 0. The molecule has 0 bridgehead atoms. The molecule has 3 aromatic rings. The van der Waals surface area contributed by atoms with Crippen LogP contribution in [0.1, 0.15) is 12.0 Å². The second-order valence-corrected chi connectivity index (χ2v) is 7.22. The van der Waals surface area contributed by atoms with Gasteiger partial charge >= 0.3 is 0 Å². The van der Waals surface area contributed by atoms with Crippen molar-refractivity contribution in [1.29, 1.82) is 0 Å². The van der Waals surface area contributed by atoms with E-state index in [0.29, 0.717) is 0 Å². The Kier molecular flexibility index (Phi) is 5.16. The number of aromatic nitrogens is 1. The van der Waals surface area contributed by atoms with Crippen LogP contribution in [0.3, 0.4) is 0 Å². The summed E-state index contributed by atoms with van der Waals surface area (Å²) < 4.78 is 0. The third-order valence-electron chi connectivity index (χ3n) is 5.59. The Morgan fingerprint density at radius 3 is 2.59 bits per heavy atom. The minimum Gasteiger partial charge on any atom is -0.369 e. The molecule has 1 aliphatic heterocycles. The molecule has 4 nitrogen and oxygen atoms in total. The van der Waals surface area contributed by atoms with Crippen molar-refractivity contribution >= 4 is 22.3 Å². The lowest BCUT2D eigenvalue weighted by atomic mass is 10.1. The molecule has 1 fully saturated rings. The fraction of sp³-hybridized carbons (Fsp3) is 0.304. The summed E-state index contributed by atoms with van der Waals surface area (Å²) in [5.74, 6) is 0. The van der Waals surface area contributed by atoms with Crippen molar-refractivity contribution in [3.05, 3.63) is 72.9 Å². The number of rotatable bonds is 6. The van der Waals surface area contributed by atoms with Crippen LogP contribution in [0.25, 0.3) is 10.9 Å². The molecule has 1 atom stereocenters. The molecule has 4 heteroatoms. The molecular formula is C23H28N4. The monoisotopic (exact) mass is 360 g/mol. The molecule has 0 spiro atoms. The van der Waals surface area contributed by atoms with Gasteiger partial charge in [0.1, 0.15) is 0 Å². The number of nitrogens with zero attached hydrogens (tertiary/aromatic N) is 2. The number of aryl methyl sites for hydroxylation is 1. The molecule has 1 saturated heterocycles. The van der Waals surface area contributed by atoms with Crippen LogP contribution in [-0.2, 0) is 0 Å². The predicted molar refractivity (Wildman–Crippen MR) is 115 cm³/mol. The molecule has 1 aromatic heterocycles. The van der Waals surface area contributed by atoms with E-state index in [1.165, 1.54) is 27.8 Å². The largest absolute Gasteiger partial charge is 0.369 e. The van der Waals surface area contributed by atoms with Gasteiger partial charge in [-0.2, -0.15) is 0 Å². The summed E-state index contributed by atoms with van der Waals surface area (Å²) in [7, 11) is 0. The molecular weight excluding hydrogens is 332 g/mol. The summed E-state index contributed by atoms with van der Waals surface area (Å²) in [5, 5.41) is 5.06. The molecule has 27 heavy (non-hydrogen) atoms. The first-order valence-electron chi connectivity index (χ1n) is 9.74. The Bertz CT molecular complexity index is 891. The van der Waals surface area contributed by atoms with Gasteiger partial charge in [-0.15, -0.1) is 6.58 Å². The fourth-order valence-corrected chi connectivity index (χ4v) is 4.01. The van der Waals surface area contributed by atoms with E-state index in [2.05, 4.69) is 82.1 Å². The fourth-order valence-electron chi connectivity index (χ4n) is 4.01. The molecule has 1 aliphatic rings. The van der Waals surface area contributed by atoms with Gasteiger partial charge in [0.05, 0.1) is 6.17 Å². The first kappa shape index (κ1) is 17.7. The Morgan fingerprint density at radius 2 is 1.85 bits per heavy atom. The van der Waals surface area contributed by atoms with E-state index in [-0.39, 0.29) is 6.17 Å². The molecule has 140 valence electrons. The number of benzene rings is 2. The smallest absolute Gasteiger partial charge is 0.0829 e. The summed E-state index contributed by atoms with van der Waals surface area (Å²) in [6.07, 6.45) is 5.22. The number of para-hydroxylation sites is 1. The summed E-state index contributed by atoms with van der Waals surface area (Å²) in [5.41, 5.74) is 5.01. The van der Waals surface area contributed by atoms with Crippen molar-refractivity contribution in [2.24, 2.45) is 0 Å². The van der Waals surface area contributed by atoms with Gasteiger partial charge in [0.15, 0.2) is 0 Å². The highest BCUT2D eigenvalue weighted by molar-refractivity contribution is 5.87. The van der Waals surface area contributed by atoms with Gasteiger partial charge < -0.3 is 15.2 Å². The quantitative estimate of drug-likeness (QED) is 0.630. The Balaban J connectivity index is 1.46. The SMILES string of the molecule is C=CCC(Nc1ccc2[nH]ccc2c1C)N1CCN(c2ccccc2)CC1. The number of piperazine rings is 1. The maximum atomic E-state index is 3.98. The lowest BCUT2D eigenvalue weighted by molar-refractivity contribution is 0.204. The molecule has 2 heterocycles. The van der Waals surface area contributed by atoms with Crippen LogP contribution in [-0.4, -0.2) is 42.2 Å². The average Bonchev–Trinajstić information content (AvgIpc) is 3.20. The minimum atomic E-state index is 0.274. The number of anilines is 2. The number of nitrogens with one attached hydrogen (secondary N) is 2. The van der Waals surface area contributed by atoms with Gasteiger partial charge in [0.2, 0.25) is 0 Å². The highest BCUT2D eigenvalue weighted by Gasteiger charge is 2.23. The van der Waals surface area contributed by atoms with E-state index in [4.69, 9.17) is 0 Å². The van der Waals surface area contributed by atoms with Crippen LogP contribution in [0, 0.1) is 6.92 Å². The maximum absolute atomic E-state index is 3.98. The molecule has 0 radical (unpaired) electrons. The van der Waals surface area contributed by atoms with Gasteiger partial charge in [0, 0.05) is 54.7 Å². The van der Waals surface area contributed by atoms with Crippen molar-refractivity contribution in [2.75, 3.05) is 36.4 Å². The Hall–Kier alpha value is -2.72. The van der Waals surface area contributed by atoms with E-state index in [1.54, 1.807) is 0 Å². The predicted octanol–water partition coefficient (Wildman–Crippen LogP) is 4.61. The normalized spacial score (nSPS) is 16.4. The van der Waals surface area contributed by atoms with E-state index < -0.39 is 0 Å². The first-order valence-corrected chi connectivity index (χ1v) is 9.74. The van der Waals surface area contributed by atoms with Gasteiger partial charge in [-0.25, -0.2) is 0 Å². The Labute approximate surface area is 161 Å². The van der Waals surface area contributed by atoms with E-state index >= 15 is 0 Å². The van der Waals surface area contributed by atoms with Crippen LogP contribution in [0.2, 0.25) is 0 Å². The van der Waals surface area contributed by atoms with E-state index in [1.807, 2.05) is 12.3 Å². The number of H-pyrrole nitrogens is 1. The van der Waals surface area contributed by atoms with Crippen LogP contribution in [0.5, 0.6) is 0 Å². The molecule has 1 unspecified atom stereocenters. The summed E-state index contributed by atoms with van der Waals surface area (Å²) in [4.78, 5) is 8.30. The van der Waals surface area contributed by atoms with Crippen molar-refractivity contribution in [3.63, 3.8) is 0 Å². The Morgan fingerprint density at radius 1 is 1.07 bits per heavy atom. The summed E-state index contributed by atoms with van der Waals surface area (Å²) in [6, 6.07) is 17.2. The topological polar surface area (TPSA) is 34.3 Å². The minimum absolute atomic E-state index is 0.274. The summed E-state index contributed by atoms with van der Waals surface area (Å²) in [6.45, 7) is 10.4. The standard InChI is InChI=1S/C23H28N4/c1-3-7-23(25-21-10-11-22-20(18(21)2)12-13-24-22)27-16-14-26(15-17-27)19-8-5-4-6-9-19/h3-6,8-13,23-25H,1,7,14-17H2,2H3. The van der Waals surface area contributed by atoms with E-state index in [0.717, 1.165) is 32.6 Å². The molecule has 0 amide bonds. The number of hydrogen-bond donors (Lipinski definition) is 2. The highest BCUT2D eigenvalue weighted by atomic mass is 15.3.